The lowest BCUT2D eigenvalue weighted by Crippen LogP contribution is -2.49. The number of hydrogen-bond acceptors (Lipinski definition) is 5. The number of aromatic nitrogens is 1. The Balaban J connectivity index is 0.000000517. The van der Waals surface area contributed by atoms with Gasteiger partial charge < -0.3 is 14.5 Å². The number of piperazine rings is 1. The quantitative estimate of drug-likeness (QED) is 0.270. The van der Waals surface area contributed by atoms with Gasteiger partial charge in [0.05, 0.1) is 12.2 Å². The highest BCUT2D eigenvalue weighted by Gasteiger charge is 2.38. The Morgan fingerprint density at radius 1 is 0.857 bits per heavy atom. The smallest absolute Gasteiger partial charge is 0.475 e. The number of amides is 1. The zero-order valence-corrected chi connectivity index (χ0v) is 22.5. The van der Waals surface area contributed by atoms with Crippen molar-refractivity contribution >= 4 is 11.9 Å². The average Bonchev–Trinajstić information content (AvgIpc) is 3.46. The summed E-state index contributed by atoms with van der Waals surface area (Å²) < 4.78 is 50.4. The summed E-state index contributed by atoms with van der Waals surface area (Å²) in [7, 11) is 0. The second kappa shape index (κ2) is 13.9. The zero-order chi connectivity index (χ0) is 30.1. The topological polar surface area (TPSA) is 86.9 Å². The van der Waals surface area contributed by atoms with Crippen molar-refractivity contribution in [3.63, 3.8) is 0 Å². The van der Waals surface area contributed by atoms with Crippen molar-refractivity contribution in [3.05, 3.63) is 114 Å². The van der Waals surface area contributed by atoms with Crippen molar-refractivity contribution < 1.29 is 36.8 Å². The number of aliphatic carboxylic acids is 1. The average molecular weight is 584 g/mol. The summed E-state index contributed by atoms with van der Waals surface area (Å²) in [5, 5.41) is 11.0. The molecule has 220 valence electrons. The highest BCUT2D eigenvalue weighted by molar-refractivity contribution is 5.77. The van der Waals surface area contributed by atoms with Crippen molar-refractivity contribution in [2.75, 3.05) is 26.2 Å². The monoisotopic (exact) mass is 583 g/mol. The molecule has 0 aliphatic carbocycles. The molecule has 42 heavy (non-hydrogen) atoms. The van der Waals surface area contributed by atoms with Gasteiger partial charge in [-0.1, -0.05) is 65.8 Å². The van der Waals surface area contributed by atoms with Gasteiger partial charge in [0.25, 0.3) is 0 Å². The van der Waals surface area contributed by atoms with E-state index in [4.69, 9.17) is 14.4 Å². The third kappa shape index (κ3) is 8.03. The predicted octanol–water partition coefficient (Wildman–Crippen LogP) is 5.98. The fourth-order valence-electron chi connectivity index (χ4n) is 4.79. The molecule has 1 saturated heterocycles. The number of hydrogen-bond donors (Lipinski definition) is 1. The van der Waals surface area contributed by atoms with Gasteiger partial charge in [0, 0.05) is 43.7 Å². The van der Waals surface area contributed by atoms with Crippen molar-refractivity contribution in [1.82, 2.24) is 15.0 Å². The number of carbonyl (C=O) groups is 2. The number of alkyl halides is 3. The fraction of sp³-hybridized carbons (Fsp3) is 0.258. The Bertz CT molecular complexity index is 1400. The Kier molecular flexibility index (Phi) is 10.1. The van der Waals surface area contributed by atoms with Gasteiger partial charge in [0.2, 0.25) is 5.91 Å². The molecule has 1 aliphatic heterocycles. The molecule has 1 amide bonds. The molecule has 0 radical (unpaired) electrons. The maximum atomic E-state index is 13.3. The summed E-state index contributed by atoms with van der Waals surface area (Å²) in [6, 6.07) is 27.4. The number of nitrogens with zero attached hydrogens (tertiary/aromatic N) is 3. The highest BCUT2D eigenvalue weighted by atomic mass is 19.4. The van der Waals surface area contributed by atoms with Crippen LogP contribution in [0.15, 0.2) is 95.6 Å². The molecular weight excluding hydrogens is 554 g/mol. The summed E-state index contributed by atoms with van der Waals surface area (Å²) in [6.45, 7) is 3.02. The van der Waals surface area contributed by atoms with Crippen molar-refractivity contribution in [1.29, 1.82) is 0 Å². The van der Waals surface area contributed by atoms with Gasteiger partial charge in [0.15, 0.2) is 5.76 Å². The summed E-state index contributed by atoms with van der Waals surface area (Å²) >= 11 is 0. The first-order chi connectivity index (χ1) is 20.1. The van der Waals surface area contributed by atoms with E-state index < -0.39 is 12.1 Å². The van der Waals surface area contributed by atoms with Crippen LogP contribution in [0.3, 0.4) is 0 Å². The van der Waals surface area contributed by atoms with Gasteiger partial charge in [-0.15, -0.1) is 0 Å². The van der Waals surface area contributed by atoms with E-state index in [1.807, 2.05) is 17.0 Å². The first-order valence-corrected chi connectivity index (χ1v) is 13.2. The molecule has 0 atom stereocenters. The van der Waals surface area contributed by atoms with Crippen LogP contribution in [-0.4, -0.2) is 64.3 Å². The fourth-order valence-corrected chi connectivity index (χ4v) is 4.79. The molecule has 0 bridgehead atoms. The van der Waals surface area contributed by atoms with E-state index in [-0.39, 0.29) is 17.8 Å². The lowest BCUT2D eigenvalue weighted by Gasteiger charge is -2.40. The molecule has 1 aromatic heterocycles. The van der Waals surface area contributed by atoms with Crippen molar-refractivity contribution in [2.45, 2.75) is 25.1 Å². The molecule has 11 heteroatoms. The summed E-state index contributed by atoms with van der Waals surface area (Å²) in [6.07, 6.45) is -2.52. The van der Waals surface area contributed by atoms with Gasteiger partial charge >= 0.3 is 12.1 Å². The second-order valence-corrected chi connectivity index (χ2v) is 9.63. The Morgan fingerprint density at radius 2 is 1.38 bits per heavy atom. The molecule has 3 aromatic carbocycles. The second-order valence-electron chi connectivity index (χ2n) is 9.63. The van der Waals surface area contributed by atoms with Crippen LogP contribution in [-0.2, 0) is 16.0 Å². The Morgan fingerprint density at radius 3 is 1.88 bits per heavy atom. The molecule has 1 fully saturated rings. The number of halogens is 4. The molecule has 1 N–H and O–H groups in total. The normalized spacial score (nSPS) is 13.9. The molecule has 0 unspecified atom stereocenters. The van der Waals surface area contributed by atoms with Gasteiger partial charge in [-0.25, -0.2) is 9.18 Å². The maximum absolute atomic E-state index is 13.3. The van der Waals surface area contributed by atoms with E-state index in [0.29, 0.717) is 31.7 Å². The number of aryl methyl sites for hydroxylation is 1. The molecule has 1 aliphatic rings. The van der Waals surface area contributed by atoms with E-state index in [0.717, 1.165) is 24.2 Å². The maximum Gasteiger partial charge on any atom is 0.490 e. The number of benzene rings is 3. The molecule has 2 heterocycles. The first kappa shape index (κ1) is 30.4. The van der Waals surface area contributed by atoms with Crippen LogP contribution in [0, 0.1) is 5.82 Å². The molecule has 7 nitrogen and oxygen atoms in total. The molecule has 4 aromatic rings. The lowest BCUT2D eigenvalue weighted by atomic mass is 9.96. The predicted molar refractivity (Wildman–Crippen MR) is 147 cm³/mol. The largest absolute Gasteiger partial charge is 0.490 e. The number of carboxylic acids is 1. The van der Waals surface area contributed by atoms with Crippen LogP contribution < -0.4 is 0 Å². The number of carbonyl (C=O) groups excluding carboxylic acids is 1. The minimum atomic E-state index is -5.08. The molecule has 0 spiro atoms. The Hall–Kier alpha value is -4.51. The number of carboxylic acid groups (broad SMARTS) is 1. The summed E-state index contributed by atoms with van der Waals surface area (Å²) in [5.41, 5.74) is 4.14. The summed E-state index contributed by atoms with van der Waals surface area (Å²) in [5.74, 6) is -2.33. The van der Waals surface area contributed by atoms with Crippen LogP contribution in [0.4, 0.5) is 17.6 Å². The van der Waals surface area contributed by atoms with E-state index in [2.05, 4.69) is 58.6 Å². The van der Waals surface area contributed by atoms with Crippen molar-refractivity contribution in [3.8, 4) is 11.3 Å². The third-order valence-corrected chi connectivity index (χ3v) is 6.86. The third-order valence-electron chi connectivity index (χ3n) is 6.86. The minimum Gasteiger partial charge on any atom is -0.475 e. The zero-order valence-electron chi connectivity index (χ0n) is 22.5. The molecule has 0 saturated carbocycles. The van der Waals surface area contributed by atoms with Crippen LogP contribution in [0.1, 0.15) is 29.2 Å². The van der Waals surface area contributed by atoms with Crippen LogP contribution in [0.25, 0.3) is 11.3 Å². The van der Waals surface area contributed by atoms with E-state index in [1.165, 1.54) is 23.3 Å². The van der Waals surface area contributed by atoms with Gasteiger partial charge in [-0.05, 0) is 41.8 Å². The van der Waals surface area contributed by atoms with E-state index >= 15 is 0 Å². The van der Waals surface area contributed by atoms with Crippen LogP contribution in [0.2, 0.25) is 0 Å². The van der Waals surface area contributed by atoms with Crippen LogP contribution in [0.5, 0.6) is 0 Å². The van der Waals surface area contributed by atoms with Crippen LogP contribution >= 0.6 is 0 Å². The first-order valence-electron chi connectivity index (χ1n) is 13.2. The van der Waals surface area contributed by atoms with E-state index in [9.17, 15) is 22.4 Å². The minimum absolute atomic E-state index is 0.131. The van der Waals surface area contributed by atoms with E-state index in [1.54, 1.807) is 18.3 Å². The SMILES string of the molecule is O=C(CCc1cnoc1-c1ccc(F)cc1)N1CCN(C(c2ccccc2)c2ccccc2)CC1.O=C(O)C(F)(F)F. The highest BCUT2D eigenvalue weighted by Crippen LogP contribution is 2.30. The molecule has 5 rings (SSSR count). The number of rotatable bonds is 7. The van der Waals surface area contributed by atoms with Crippen molar-refractivity contribution in [2.24, 2.45) is 0 Å². The van der Waals surface area contributed by atoms with Gasteiger partial charge in [0.1, 0.15) is 5.82 Å². The van der Waals surface area contributed by atoms with Gasteiger partial charge in [-0.3, -0.25) is 9.69 Å². The summed E-state index contributed by atoms with van der Waals surface area (Å²) in [4.78, 5) is 26.3. The standard InChI is InChI=1S/C29H28FN3O2.C2HF3O2/c30-26-14-11-24(12-15-26)29-25(21-31-35-29)13-16-27(34)32-17-19-33(20-18-32)28(22-7-3-1-4-8-22)23-9-5-2-6-10-23;3-2(4,5)1(6)7/h1-12,14-15,21,28H,13,16-20H2;(H,6,7). The van der Waals surface area contributed by atoms with Gasteiger partial charge in [-0.2, -0.15) is 13.2 Å². The lowest BCUT2D eigenvalue weighted by molar-refractivity contribution is -0.192. The Labute approximate surface area is 240 Å². The molecular formula is C31H29F4N3O4.